The summed E-state index contributed by atoms with van der Waals surface area (Å²) in [6, 6.07) is 23.9. The van der Waals surface area contributed by atoms with Crippen molar-refractivity contribution in [3.63, 3.8) is 0 Å². The minimum absolute atomic E-state index is 0.0722. The second-order valence-corrected chi connectivity index (χ2v) is 14.1. The summed E-state index contributed by atoms with van der Waals surface area (Å²) in [6.07, 6.45) is 6.54. The molecule has 0 spiro atoms. The van der Waals surface area contributed by atoms with Crippen LogP contribution < -0.4 is 21.3 Å². The predicted molar refractivity (Wildman–Crippen MR) is 202 cm³/mol. The molecule has 274 valence electrons. The number of amides is 5. The number of fused-ring (bicyclic) bond motifs is 2. The maximum Gasteiger partial charge on any atom is 0.262 e. The summed E-state index contributed by atoms with van der Waals surface area (Å²) in [5, 5.41) is 16.8. The van der Waals surface area contributed by atoms with Gasteiger partial charge in [0.1, 0.15) is 11.9 Å². The lowest BCUT2D eigenvalue weighted by Crippen LogP contribution is -2.54. The van der Waals surface area contributed by atoms with Crippen LogP contribution in [0.4, 0.5) is 11.5 Å². The van der Waals surface area contributed by atoms with Gasteiger partial charge in [-0.1, -0.05) is 49.7 Å². The summed E-state index contributed by atoms with van der Waals surface area (Å²) in [7, 11) is 0. The Labute approximate surface area is 311 Å². The van der Waals surface area contributed by atoms with Gasteiger partial charge in [0.15, 0.2) is 5.65 Å². The van der Waals surface area contributed by atoms with Crippen LogP contribution in [0, 0.1) is 0 Å². The number of carbonyl (C=O) groups excluding carboxylic acids is 5. The fourth-order valence-corrected chi connectivity index (χ4v) is 7.59. The molecule has 0 radical (unpaired) electrons. The minimum atomic E-state index is -1.00. The number of nitrogens with zero attached hydrogens (tertiary/aromatic N) is 4. The quantitative estimate of drug-likeness (QED) is 0.135. The molecule has 1 unspecified atom stereocenters. The Morgan fingerprint density at radius 3 is 2.35 bits per heavy atom. The zero-order valence-corrected chi connectivity index (χ0v) is 29.8. The van der Waals surface area contributed by atoms with Crippen molar-refractivity contribution in [1.29, 1.82) is 0 Å². The molecule has 2 fully saturated rings. The van der Waals surface area contributed by atoms with Gasteiger partial charge in [-0.3, -0.25) is 34.2 Å². The fourth-order valence-electron chi connectivity index (χ4n) is 7.59. The Bertz CT molecular complexity index is 2280. The summed E-state index contributed by atoms with van der Waals surface area (Å²) in [4.78, 5) is 68.9. The van der Waals surface area contributed by atoms with E-state index in [9.17, 15) is 24.0 Å². The first-order chi connectivity index (χ1) is 26.2. The van der Waals surface area contributed by atoms with Crippen molar-refractivity contribution in [3.05, 3.63) is 113 Å². The van der Waals surface area contributed by atoms with E-state index in [2.05, 4.69) is 39.4 Å². The number of carbonyl (C=O) groups is 5. The largest absolute Gasteiger partial charge is 0.381 e. The first kappa shape index (κ1) is 34.7. The lowest BCUT2D eigenvalue weighted by atomic mass is 10.0. The molecule has 5 aromatic rings. The van der Waals surface area contributed by atoms with E-state index < -0.39 is 29.7 Å². The number of anilines is 2. The standard InChI is InChI=1S/C41H40N8O5/c1-2-3-29-22-36(49-35(44-29)18-19-43-49)45-30-12-13-31(20-30)46-38(51)27-10-8-26(9-11-27)25-6-4-24(5-7-25)23-42-28-14-15-32-33(21-28)41(54)48(40(32)53)34-16-17-37(50)47-39(34)52/h4-11,14-15,18-19,21-22,30-31,34,42,45H,2-3,12-13,16-17,20,23H2,1H3,(H,46,51)(H,47,50,52)/t30-,31-,34?/m1/s1. The molecule has 5 amide bonds. The molecule has 2 aliphatic heterocycles. The van der Waals surface area contributed by atoms with Crippen molar-refractivity contribution in [2.24, 2.45) is 0 Å². The predicted octanol–water partition coefficient (Wildman–Crippen LogP) is 5.13. The number of hydrogen-bond acceptors (Lipinski definition) is 9. The van der Waals surface area contributed by atoms with Crippen molar-refractivity contribution in [2.75, 3.05) is 10.6 Å². The molecule has 1 saturated heterocycles. The molecule has 4 N–H and O–H groups in total. The number of imide groups is 2. The zero-order chi connectivity index (χ0) is 37.3. The van der Waals surface area contributed by atoms with Crippen molar-refractivity contribution in [3.8, 4) is 11.1 Å². The van der Waals surface area contributed by atoms with Gasteiger partial charge in [-0.05, 0) is 79.1 Å². The molecule has 54 heavy (non-hydrogen) atoms. The van der Waals surface area contributed by atoms with E-state index in [0.717, 1.165) is 70.9 Å². The summed E-state index contributed by atoms with van der Waals surface area (Å²) in [5.74, 6) is -1.27. The Balaban J connectivity index is 0.836. The van der Waals surface area contributed by atoms with Crippen molar-refractivity contribution < 1.29 is 24.0 Å². The average molecular weight is 725 g/mol. The van der Waals surface area contributed by atoms with Gasteiger partial charge in [0.25, 0.3) is 17.7 Å². The van der Waals surface area contributed by atoms with Crippen LogP contribution in [0.1, 0.15) is 87.8 Å². The summed E-state index contributed by atoms with van der Waals surface area (Å²) < 4.78 is 1.84. The van der Waals surface area contributed by atoms with E-state index in [1.807, 2.05) is 59.1 Å². The zero-order valence-electron chi connectivity index (χ0n) is 29.8. The van der Waals surface area contributed by atoms with Crippen LogP contribution in [0.15, 0.2) is 85.1 Å². The van der Waals surface area contributed by atoms with Crippen LogP contribution in [0.2, 0.25) is 0 Å². The van der Waals surface area contributed by atoms with E-state index >= 15 is 0 Å². The number of rotatable bonds is 11. The van der Waals surface area contributed by atoms with Crippen molar-refractivity contribution in [2.45, 2.75) is 76.5 Å². The highest BCUT2D eigenvalue weighted by molar-refractivity contribution is 6.23. The van der Waals surface area contributed by atoms with Gasteiger partial charge in [-0.25, -0.2) is 4.98 Å². The van der Waals surface area contributed by atoms with E-state index in [4.69, 9.17) is 4.98 Å². The molecular weight excluding hydrogens is 685 g/mol. The van der Waals surface area contributed by atoms with E-state index in [-0.39, 0.29) is 42.0 Å². The molecule has 8 rings (SSSR count). The maximum absolute atomic E-state index is 13.2. The van der Waals surface area contributed by atoms with Gasteiger partial charge >= 0.3 is 0 Å². The van der Waals surface area contributed by atoms with Gasteiger partial charge in [0, 0.05) is 54.1 Å². The minimum Gasteiger partial charge on any atom is -0.381 e. The number of piperidine rings is 1. The Hall–Kier alpha value is -6.37. The molecule has 4 heterocycles. The monoisotopic (exact) mass is 724 g/mol. The summed E-state index contributed by atoms with van der Waals surface area (Å²) in [5.41, 5.74) is 6.62. The van der Waals surface area contributed by atoms with Gasteiger partial charge < -0.3 is 16.0 Å². The molecule has 3 aromatic carbocycles. The van der Waals surface area contributed by atoms with Gasteiger partial charge in [-0.15, -0.1) is 0 Å². The second-order valence-electron chi connectivity index (χ2n) is 14.1. The van der Waals surface area contributed by atoms with Gasteiger partial charge in [-0.2, -0.15) is 9.61 Å². The lowest BCUT2D eigenvalue weighted by Gasteiger charge is -2.27. The van der Waals surface area contributed by atoms with Crippen LogP contribution in [-0.2, 0) is 22.6 Å². The third kappa shape index (κ3) is 6.92. The highest BCUT2D eigenvalue weighted by atomic mass is 16.2. The number of hydrogen-bond donors (Lipinski definition) is 4. The molecule has 13 nitrogen and oxygen atoms in total. The first-order valence-corrected chi connectivity index (χ1v) is 18.4. The highest BCUT2D eigenvalue weighted by Gasteiger charge is 2.44. The molecule has 1 aliphatic carbocycles. The molecule has 3 atom stereocenters. The number of aromatic nitrogens is 3. The topological polar surface area (TPSA) is 167 Å². The number of aryl methyl sites for hydroxylation is 1. The smallest absolute Gasteiger partial charge is 0.262 e. The third-order valence-electron chi connectivity index (χ3n) is 10.4. The lowest BCUT2D eigenvalue weighted by molar-refractivity contribution is -0.136. The Morgan fingerprint density at radius 1 is 0.852 bits per heavy atom. The van der Waals surface area contributed by atoms with Gasteiger partial charge in [0.05, 0.1) is 17.3 Å². The maximum atomic E-state index is 13.2. The fraction of sp³-hybridized carbons (Fsp3) is 0.293. The molecule has 13 heteroatoms. The van der Waals surface area contributed by atoms with Crippen LogP contribution in [0.3, 0.4) is 0 Å². The molecule has 0 bridgehead atoms. The van der Waals surface area contributed by atoms with Crippen LogP contribution in [-0.4, -0.2) is 67.2 Å². The van der Waals surface area contributed by atoms with E-state index in [1.54, 1.807) is 24.4 Å². The van der Waals surface area contributed by atoms with Crippen molar-refractivity contribution >= 4 is 46.7 Å². The Kier molecular flexibility index (Phi) is 9.36. The van der Waals surface area contributed by atoms with E-state index in [1.165, 1.54) is 0 Å². The molecule has 1 saturated carbocycles. The SMILES string of the molecule is CCCc1cc(N[C@@H]2CC[C@@H](NC(=O)c3ccc(-c4ccc(CNc5ccc6c(c5)C(=O)N(C5CCC(=O)NC5=O)C6=O)cc4)cc3)C2)n2nccc2n1. The highest BCUT2D eigenvalue weighted by Crippen LogP contribution is 2.30. The number of nitrogens with one attached hydrogen (secondary N) is 4. The first-order valence-electron chi connectivity index (χ1n) is 18.4. The second kappa shape index (κ2) is 14.6. The summed E-state index contributed by atoms with van der Waals surface area (Å²) >= 11 is 0. The van der Waals surface area contributed by atoms with Crippen LogP contribution >= 0.6 is 0 Å². The third-order valence-corrected chi connectivity index (χ3v) is 10.4. The van der Waals surface area contributed by atoms with Crippen molar-refractivity contribution in [1.82, 2.24) is 30.1 Å². The molecule has 3 aliphatic rings. The van der Waals surface area contributed by atoms with Crippen LogP contribution in [0.5, 0.6) is 0 Å². The normalized spacial score (nSPS) is 19.6. The summed E-state index contributed by atoms with van der Waals surface area (Å²) in [6.45, 7) is 2.62. The molecule has 2 aromatic heterocycles. The van der Waals surface area contributed by atoms with Crippen LogP contribution in [0.25, 0.3) is 16.8 Å². The van der Waals surface area contributed by atoms with Gasteiger partial charge in [0.2, 0.25) is 11.8 Å². The Morgan fingerprint density at radius 2 is 1.59 bits per heavy atom. The number of benzene rings is 3. The average Bonchev–Trinajstić information content (AvgIpc) is 3.90. The molecular formula is C41H40N8O5. The van der Waals surface area contributed by atoms with E-state index in [0.29, 0.717) is 17.8 Å².